The highest BCUT2D eigenvalue weighted by Gasteiger charge is 2.32. The molecule has 1 N–H and O–H groups in total. The van der Waals surface area contributed by atoms with Crippen molar-refractivity contribution in [2.24, 2.45) is 0 Å². The Morgan fingerprint density at radius 3 is 2.24 bits per heavy atom. The lowest BCUT2D eigenvalue weighted by Gasteiger charge is -2.33. The number of hydrogen-bond donors (Lipinski definition) is 1. The average molecular weight is 532 g/mol. The van der Waals surface area contributed by atoms with E-state index in [0.717, 1.165) is 48.2 Å². The number of carbonyl (C=O) groups excluding carboxylic acids is 2. The molecule has 0 radical (unpaired) electrons. The number of rotatable bonds is 10. The minimum Gasteiger partial charge on any atom is -0.352 e. The number of halogens is 1. The standard InChI is InChI=1S/C28H38FN3O4S/c1-20(2)24-15-9-11-17-26(24)32(37(4,35)36)19-27(33)31(18-22-12-8-10-16-25(22)29)21(3)28(34)30-23-13-6-5-7-14-23/h8-12,15-17,20-21,23H,5-7,13-14,18-19H2,1-4H3,(H,30,34)/t21-/m0/s1. The summed E-state index contributed by atoms with van der Waals surface area (Å²) >= 11 is 0. The van der Waals surface area contributed by atoms with E-state index in [-0.39, 0.29) is 30.0 Å². The number of carbonyl (C=O) groups is 2. The molecule has 1 saturated carbocycles. The van der Waals surface area contributed by atoms with Gasteiger partial charge in [0.15, 0.2) is 0 Å². The third-order valence-corrected chi connectivity index (χ3v) is 8.05. The van der Waals surface area contributed by atoms with Gasteiger partial charge < -0.3 is 10.2 Å². The molecule has 7 nitrogen and oxygen atoms in total. The van der Waals surface area contributed by atoms with Gasteiger partial charge in [-0.25, -0.2) is 12.8 Å². The van der Waals surface area contributed by atoms with Crippen LogP contribution in [0, 0.1) is 5.82 Å². The van der Waals surface area contributed by atoms with Crippen molar-refractivity contribution in [3.63, 3.8) is 0 Å². The number of amides is 2. The molecule has 0 bridgehead atoms. The molecule has 0 heterocycles. The van der Waals surface area contributed by atoms with Gasteiger partial charge in [0.1, 0.15) is 18.4 Å². The second-order valence-electron chi connectivity index (χ2n) is 10.1. The van der Waals surface area contributed by atoms with Crippen molar-refractivity contribution in [1.29, 1.82) is 0 Å². The summed E-state index contributed by atoms with van der Waals surface area (Å²) in [6.07, 6.45) is 6.03. The predicted molar refractivity (Wildman–Crippen MR) is 144 cm³/mol. The molecule has 0 aliphatic heterocycles. The van der Waals surface area contributed by atoms with Gasteiger partial charge >= 0.3 is 0 Å². The molecule has 1 aliphatic carbocycles. The maximum atomic E-state index is 14.6. The van der Waals surface area contributed by atoms with E-state index >= 15 is 0 Å². The molecule has 202 valence electrons. The largest absolute Gasteiger partial charge is 0.352 e. The molecule has 2 aromatic rings. The number of sulfonamides is 1. The van der Waals surface area contributed by atoms with Gasteiger partial charge in [-0.05, 0) is 43.4 Å². The van der Waals surface area contributed by atoms with E-state index in [4.69, 9.17) is 0 Å². The topological polar surface area (TPSA) is 86.8 Å². The van der Waals surface area contributed by atoms with Crippen LogP contribution in [0.2, 0.25) is 0 Å². The summed E-state index contributed by atoms with van der Waals surface area (Å²) in [6.45, 7) is 4.84. The van der Waals surface area contributed by atoms with E-state index in [1.165, 1.54) is 11.0 Å². The Morgan fingerprint density at radius 1 is 1.00 bits per heavy atom. The molecule has 1 fully saturated rings. The van der Waals surface area contributed by atoms with Crippen LogP contribution in [0.3, 0.4) is 0 Å². The molecule has 1 aliphatic rings. The minimum absolute atomic E-state index is 0.0188. The number of benzene rings is 2. The molecular weight excluding hydrogens is 493 g/mol. The van der Waals surface area contributed by atoms with Crippen LogP contribution in [-0.4, -0.2) is 50.0 Å². The molecular formula is C28H38FN3O4S. The fraction of sp³-hybridized carbons (Fsp3) is 0.500. The fourth-order valence-corrected chi connectivity index (χ4v) is 5.63. The van der Waals surface area contributed by atoms with Crippen LogP contribution < -0.4 is 9.62 Å². The van der Waals surface area contributed by atoms with Gasteiger partial charge in [-0.3, -0.25) is 13.9 Å². The van der Waals surface area contributed by atoms with Crippen molar-refractivity contribution < 1.29 is 22.4 Å². The molecule has 0 spiro atoms. The summed E-state index contributed by atoms with van der Waals surface area (Å²) in [5.41, 5.74) is 1.45. The van der Waals surface area contributed by atoms with Gasteiger partial charge in [0, 0.05) is 18.2 Å². The first-order chi connectivity index (χ1) is 17.5. The summed E-state index contributed by atoms with van der Waals surface area (Å²) in [4.78, 5) is 28.2. The van der Waals surface area contributed by atoms with E-state index in [1.54, 1.807) is 37.3 Å². The molecule has 1 atom stereocenters. The van der Waals surface area contributed by atoms with Crippen LogP contribution in [0.15, 0.2) is 48.5 Å². The maximum Gasteiger partial charge on any atom is 0.244 e. The van der Waals surface area contributed by atoms with Crippen molar-refractivity contribution in [1.82, 2.24) is 10.2 Å². The monoisotopic (exact) mass is 531 g/mol. The van der Waals surface area contributed by atoms with Crippen LogP contribution in [0.25, 0.3) is 0 Å². The summed E-state index contributed by atoms with van der Waals surface area (Å²) in [6, 6.07) is 12.2. The summed E-state index contributed by atoms with van der Waals surface area (Å²) < 4.78 is 41.4. The van der Waals surface area contributed by atoms with Gasteiger partial charge in [0.2, 0.25) is 21.8 Å². The third-order valence-electron chi connectivity index (χ3n) is 6.92. The lowest BCUT2D eigenvalue weighted by molar-refractivity contribution is -0.139. The van der Waals surface area contributed by atoms with Gasteiger partial charge in [0.05, 0.1) is 11.9 Å². The van der Waals surface area contributed by atoms with Crippen molar-refractivity contribution in [2.45, 2.75) is 77.4 Å². The fourth-order valence-electron chi connectivity index (χ4n) is 4.76. The quantitative estimate of drug-likeness (QED) is 0.486. The van der Waals surface area contributed by atoms with Gasteiger partial charge in [0.25, 0.3) is 0 Å². The second kappa shape index (κ2) is 12.5. The molecule has 3 rings (SSSR count). The Bertz CT molecular complexity index is 1200. The molecule has 37 heavy (non-hydrogen) atoms. The zero-order chi connectivity index (χ0) is 27.2. The second-order valence-corrected chi connectivity index (χ2v) is 12.0. The lowest BCUT2D eigenvalue weighted by Crippen LogP contribution is -2.53. The molecule has 9 heteroatoms. The van der Waals surface area contributed by atoms with Crippen LogP contribution in [0.5, 0.6) is 0 Å². The van der Waals surface area contributed by atoms with Gasteiger partial charge in [-0.2, -0.15) is 0 Å². The molecule has 2 amide bonds. The van der Waals surface area contributed by atoms with Crippen LogP contribution in [0.4, 0.5) is 10.1 Å². The Hall–Kier alpha value is -2.94. The highest BCUT2D eigenvalue weighted by molar-refractivity contribution is 7.92. The predicted octanol–water partition coefficient (Wildman–Crippen LogP) is 4.58. The lowest BCUT2D eigenvalue weighted by atomic mass is 9.95. The Morgan fingerprint density at radius 2 is 1.62 bits per heavy atom. The number of para-hydroxylation sites is 1. The van der Waals surface area contributed by atoms with Crippen molar-refractivity contribution in [3.8, 4) is 0 Å². The minimum atomic E-state index is -3.84. The Labute approximate surface area is 220 Å². The highest BCUT2D eigenvalue weighted by atomic mass is 32.2. The maximum absolute atomic E-state index is 14.6. The summed E-state index contributed by atoms with van der Waals surface area (Å²) in [7, 11) is -3.84. The van der Waals surface area contributed by atoms with Crippen LogP contribution >= 0.6 is 0 Å². The first kappa shape index (κ1) is 28.6. The van der Waals surface area contributed by atoms with E-state index in [9.17, 15) is 22.4 Å². The Kier molecular flexibility index (Phi) is 9.70. The number of nitrogens with zero attached hydrogens (tertiary/aromatic N) is 2. The average Bonchev–Trinajstić information content (AvgIpc) is 2.86. The molecule has 0 unspecified atom stereocenters. The number of hydrogen-bond acceptors (Lipinski definition) is 4. The zero-order valence-electron chi connectivity index (χ0n) is 22.1. The summed E-state index contributed by atoms with van der Waals surface area (Å²) in [5.74, 6) is -1.39. The number of anilines is 1. The van der Waals surface area contributed by atoms with E-state index in [2.05, 4.69) is 5.32 Å². The van der Waals surface area contributed by atoms with Gasteiger partial charge in [-0.15, -0.1) is 0 Å². The first-order valence-corrected chi connectivity index (χ1v) is 14.7. The first-order valence-electron chi connectivity index (χ1n) is 12.9. The number of nitrogens with one attached hydrogen (secondary N) is 1. The van der Waals surface area contributed by atoms with Crippen LogP contribution in [-0.2, 0) is 26.2 Å². The SMILES string of the molecule is CC(C)c1ccccc1N(CC(=O)N(Cc1ccccc1F)[C@@H](C)C(=O)NC1CCCCC1)S(C)(=O)=O. The van der Waals surface area contributed by atoms with Gasteiger partial charge in [-0.1, -0.05) is 69.5 Å². The Balaban J connectivity index is 1.93. The van der Waals surface area contributed by atoms with Crippen molar-refractivity contribution in [2.75, 3.05) is 17.1 Å². The smallest absolute Gasteiger partial charge is 0.244 e. The van der Waals surface area contributed by atoms with E-state index in [1.807, 2.05) is 26.0 Å². The third kappa shape index (κ3) is 7.53. The normalized spacial score (nSPS) is 15.3. The molecule has 0 saturated heterocycles. The molecule has 0 aromatic heterocycles. The highest BCUT2D eigenvalue weighted by Crippen LogP contribution is 2.29. The van der Waals surface area contributed by atoms with E-state index in [0.29, 0.717) is 5.69 Å². The van der Waals surface area contributed by atoms with Crippen molar-refractivity contribution >= 4 is 27.5 Å². The van der Waals surface area contributed by atoms with Crippen molar-refractivity contribution in [3.05, 3.63) is 65.5 Å². The van der Waals surface area contributed by atoms with Crippen LogP contribution in [0.1, 0.15) is 69.9 Å². The van der Waals surface area contributed by atoms with E-state index < -0.39 is 34.3 Å². The molecule has 2 aromatic carbocycles. The zero-order valence-corrected chi connectivity index (χ0v) is 22.9. The summed E-state index contributed by atoms with van der Waals surface area (Å²) in [5, 5.41) is 3.04.